The summed E-state index contributed by atoms with van der Waals surface area (Å²) in [6.07, 6.45) is 3.98. The van der Waals surface area contributed by atoms with Crippen LogP contribution in [-0.4, -0.2) is 49.1 Å². The highest BCUT2D eigenvalue weighted by Crippen LogP contribution is 2.23. The highest BCUT2D eigenvalue weighted by Gasteiger charge is 2.25. The molecule has 11 heteroatoms. The number of urea groups is 1. The van der Waals surface area contributed by atoms with Gasteiger partial charge in [-0.1, -0.05) is 17.7 Å². The Morgan fingerprint density at radius 2 is 2.16 bits per heavy atom. The van der Waals surface area contributed by atoms with Gasteiger partial charge in [-0.15, -0.1) is 0 Å². The lowest BCUT2D eigenvalue weighted by Crippen LogP contribution is -2.45. The average Bonchev–Trinajstić information content (AvgIpc) is 2.78. The van der Waals surface area contributed by atoms with Gasteiger partial charge in [-0.3, -0.25) is 0 Å². The van der Waals surface area contributed by atoms with Gasteiger partial charge in [-0.05, 0) is 42.7 Å². The third-order valence-corrected chi connectivity index (χ3v) is 5.36. The van der Waals surface area contributed by atoms with Crippen LogP contribution in [-0.2, 0) is 13.0 Å². The summed E-state index contributed by atoms with van der Waals surface area (Å²) in [4.78, 5) is 31.6. The number of hydrogen-bond donors (Lipinski definition) is 3. The van der Waals surface area contributed by atoms with Gasteiger partial charge in [0.1, 0.15) is 17.5 Å². The molecule has 0 bridgehead atoms. The molecule has 0 radical (unpaired) electrons. The Morgan fingerprint density at radius 1 is 1.31 bits per heavy atom. The first-order valence-electron chi connectivity index (χ1n) is 9.95. The van der Waals surface area contributed by atoms with Gasteiger partial charge < -0.3 is 20.6 Å². The van der Waals surface area contributed by atoms with Crippen molar-refractivity contribution in [2.75, 3.05) is 18.5 Å². The number of carbonyl (C=O) groups is 1. The molecule has 0 spiro atoms. The van der Waals surface area contributed by atoms with Crippen molar-refractivity contribution in [2.45, 2.75) is 25.9 Å². The van der Waals surface area contributed by atoms with Gasteiger partial charge in [0.25, 0.3) is 0 Å². The number of nitrogens with zero attached hydrogens (tertiary/aromatic N) is 5. The molecule has 0 saturated heterocycles. The maximum Gasteiger partial charge on any atom is 0.318 e. The predicted octanol–water partition coefficient (Wildman–Crippen LogP) is 2.91. The first-order valence-corrected chi connectivity index (χ1v) is 10.3. The van der Waals surface area contributed by atoms with E-state index in [1.54, 1.807) is 30.3 Å². The highest BCUT2D eigenvalue weighted by atomic mass is 35.5. The van der Waals surface area contributed by atoms with Crippen molar-refractivity contribution < 1.29 is 14.3 Å². The molecule has 2 amide bonds. The fourth-order valence-electron chi connectivity index (χ4n) is 3.38. The molecular weight excluding hydrogens is 437 g/mol. The Morgan fingerprint density at radius 3 is 2.91 bits per heavy atom. The lowest BCUT2D eigenvalue weighted by molar-refractivity contribution is 0.176. The van der Waals surface area contributed by atoms with E-state index in [1.807, 2.05) is 0 Å². The smallest absolute Gasteiger partial charge is 0.318 e. The predicted molar refractivity (Wildman–Crippen MR) is 116 cm³/mol. The van der Waals surface area contributed by atoms with E-state index in [9.17, 15) is 14.3 Å². The molecule has 4 rings (SSSR count). The number of carbonyl (C=O) groups excluding carboxylic acids is 1. The fraction of sp³-hybridized carbons (Fsp3) is 0.286. The largest absolute Gasteiger partial charge is 0.394 e. The van der Waals surface area contributed by atoms with Gasteiger partial charge in [0, 0.05) is 18.9 Å². The van der Waals surface area contributed by atoms with Crippen molar-refractivity contribution in [1.29, 1.82) is 0 Å². The number of fused-ring (bicyclic) bond motifs is 1. The second-order valence-corrected chi connectivity index (χ2v) is 7.72. The Labute approximate surface area is 188 Å². The first kappa shape index (κ1) is 21.8. The third kappa shape index (κ3) is 4.92. The molecule has 0 fully saturated rings. The van der Waals surface area contributed by atoms with E-state index in [1.165, 1.54) is 18.2 Å². The van der Waals surface area contributed by atoms with E-state index in [4.69, 9.17) is 11.6 Å². The van der Waals surface area contributed by atoms with Crippen LogP contribution in [0.25, 0.3) is 0 Å². The molecule has 3 aromatic rings. The molecule has 32 heavy (non-hydrogen) atoms. The molecule has 1 aromatic carbocycles. The Bertz CT molecular complexity index is 1150. The Balaban J connectivity index is 1.45. The molecule has 3 N–H and O–H groups in total. The van der Waals surface area contributed by atoms with Crippen molar-refractivity contribution >= 4 is 29.4 Å². The molecule has 0 saturated carbocycles. The zero-order valence-electron chi connectivity index (χ0n) is 17.2. The van der Waals surface area contributed by atoms with Crippen LogP contribution in [0.3, 0.4) is 0 Å². The lowest BCUT2D eigenvalue weighted by Gasteiger charge is -2.30. The average molecular weight is 458 g/mol. The van der Waals surface area contributed by atoms with Crippen molar-refractivity contribution in [1.82, 2.24) is 30.2 Å². The summed E-state index contributed by atoms with van der Waals surface area (Å²) in [7, 11) is 0. The summed E-state index contributed by atoms with van der Waals surface area (Å²) in [5, 5.41) is 15.5. The molecule has 0 aliphatic carbocycles. The molecule has 166 valence electrons. The van der Waals surface area contributed by atoms with E-state index < -0.39 is 11.9 Å². The first-order chi connectivity index (χ1) is 15.4. The number of aliphatic hydroxyl groups excluding tert-OH is 1. The maximum absolute atomic E-state index is 13.4. The number of aryl methyl sites for hydroxylation is 1. The molecule has 1 atom stereocenters. The standard InChI is InChI=1S/C21H21ClFN7O2/c1-12-24-6-4-19(26-12)29-20-25-9-14-5-7-30(10-17(14)27-20)21(32)28-18(11-31)13-2-3-16(23)15(22)8-13/h2-4,6,8-9,18,31H,5,7,10-11H2,1H3,(H,28,32)(H,24,25,26,27,29). The number of hydrogen-bond acceptors (Lipinski definition) is 7. The fourth-order valence-corrected chi connectivity index (χ4v) is 3.57. The molecule has 9 nitrogen and oxygen atoms in total. The van der Waals surface area contributed by atoms with E-state index in [2.05, 4.69) is 30.6 Å². The maximum atomic E-state index is 13.4. The second kappa shape index (κ2) is 9.41. The summed E-state index contributed by atoms with van der Waals surface area (Å²) in [6.45, 7) is 2.19. The number of halogens is 2. The normalized spacial score (nSPS) is 13.9. The number of aromatic nitrogens is 4. The van der Waals surface area contributed by atoms with Gasteiger partial charge in [-0.25, -0.2) is 29.1 Å². The van der Waals surface area contributed by atoms with Crippen LogP contribution in [0.2, 0.25) is 5.02 Å². The van der Waals surface area contributed by atoms with E-state index in [0.717, 1.165) is 11.3 Å². The quantitative estimate of drug-likeness (QED) is 0.539. The number of nitrogens with one attached hydrogen (secondary N) is 2. The minimum atomic E-state index is -0.717. The van der Waals surface area contributed by atoms with Crippen LogP contribution in [0.4, 0.5) is 21.0 Å². The SMILES string of the molecule is Cc1nccc(Nc2ncc3c(n2)CN(C(=O)NC(CO)c2ccc(F)c(Cl)c2)CC3)n1. The summed E-state index contributed by atoms with van der Waals surface area (Å²) in [5.74, 6) is 1.01. The molecule has 2 aromatic heterocycles. The minimum absolute atomic E-state index is 0.0716. The van der Waals surface area contributed by atoms with Crippen molar-refractivity contribution in [3.05, 3.63) is 70.1 Å². The monoisotopic (exact) mass is 457 g/mol. The number of anilines is 2. The minimum Gasteiger partial charge on any atom is -0.394 e. The van der Waals surface area contributed by atoms with Crippen molar-refractivity contribution in [3.63, 3.8) is 0 Å². The molecule has 1 aliphatic heterocycles. The highest BCUT2D eigenvalue weighted by molar-refractivity contribution is 6.30. The number of rotatable bonds is 5. The second-order valence-electron chi connectivity index (χ2n) is 7.31. The molecule has 3 heterocycles. The van der Waals surface area contributed by atoms with Crippen LogP contribution in [0.15, 0.2) is 36.7 Å². The summed E-state index contributed by atoms with van der Waals surface area (Å²) >= 11 is 5.83. The van der Waals surface area contributed by atoms with E-state index in [-0.39, 0.29) is 24.2 Å². The van der Waals surface area contributed by atoms with Crippen LogP contribution < -0.4 is 10.6 Å². The van der Waals surface area contributed by atoms with Crippen LogP contribution in [0.5, 0.6) is 0 Å². The summed E-state index contributed by atoms with van der Waals surface area (Å²) < 4.78 is 13.4. The summed E-state index contributed by atoms with van der Waals surface area (Å²) in [5.41, 5.74) is 2.20. The van der Waals surface area contributed by atoms with Crippen LogP contribution >= 0.6 is 11.6 Å². The number of benzene rings is 1. The van der Waals surface area contributed by atoms with E-state index in [0.29, 0.717) is 36.1 Å². The lowest BCUT2D eigenvalue weighted by atomic mass is 10.1. The number of amides is 2. The molecule has 1 aliphatic rings. The Hall–Kier alpha value is -3.37. The third-order valence-electron chi connectivity index (χ3n) is 5.08. The Kier molecular flexibility index (Phi) is 6.42. The van der Waals surface area contributed by atoms with E-state index >= 15 is 0 Å². The molecular formula is C21H21ClFN7O2. The topological polar surface area (TPSA) is 116 Å². The van der Waals surface area contributed by atoms with Crippen LogP contribution in [0.1, 0.15) is 28.7 Å². The zero-order chi connectivity index (χ0) is 22.7. The van der Waals surface area contributed by atoms with Gasteiger partial charge in [0.2, 0.25) is 5.95 Å². The zero-order valence-corrected chi connectivity index (χ0v) is 18.0. The van der Waals surface area contributed by atoms with Crippen molar-refractivity contribution in [3.8, 4) is 0 Å². The van der Waals surface area contributed by atoms with Gasteiger partial charge in [0.15, 0.2) is 0 Å². The van der Waals surface area contributed by atoms with Crippen molar-refractivity contribution in [2.24, 2.45) is 0 Å². The summed E-state index contributed by atoms with van der Waals surface area (Å²) in [6, 6.07) is 4.71. The van der Waals surface area contributed by atoms with Gasteiger partial charge >= 0.3 is 6.03 Å². The van der Waals surface area contributed by atoms with Crippen LogP contribution in [0, 0.1) is 12.7 Å². The van der Waals surface area contributed by atoms with Gasteiger partial charge in [-0.2, -0.15) is 0 Å². The number of aliphatic hydroxyl groups is 1. The molecule has 1 unspecified atom stereocenters. The van der Waals surface area contributed by atoms with Gasteiger partial charge in [0.05, 0.1) is 29.9 Å².